The van der Waals surface area contributed by atoms with Gasteiger partial charge in [-0.25, -0.2) is 0 Å². The van der Waals surface area contributed by atoms with Gasteiger partial charge in [-0.2, -0.15) is 8.42 Å². The van der Waals surface area contributed by atoms with Gasteiger partial charge in [-0.3, -0.25) is 9.69 Å². The summed E-state index contributed by atoms with van der Waals surface area (Å²) in [6.07, 6.45) is 2.54. The van der Waals surface area contributed by atoms with Crippen molar-refractivity contribution in [3.8, 4) is 5.75 Å². The second-order valence-corrected chi connectivity index (χ2v) is 8.89. The van der Waals surface area contributed by atoms with Crippen molar-refractivity contribution in [3.63, 3.8) is 0 Å². The van der Waals surface area contributed by atoms with Crippen LogP contribution in [0.5, 0.6) is 5.75 Å². The minimum absolute atomic E-state index is 0.110. The molecule has 6 nitrogen and oxygen atoms in total. The van der Waals surface area contributed by atoms with E-state index in [9.17, 15) is 13.2 Å². The number of benzene rings is 2. The zero-order chi connectivity index (χ0) is 21.0. The third kappa shape index (κ3) is 4.71. The summed E-state index contributed by atoms with van der Waals surface area (Å²) in [4.78, 5) is 14.6. The molecule has 1 aliphatic rings. The van der Waals surface area contributed by atoms with E-state index >= 15 is 0 Å². The van der Waals surface area contributed by atoms with Gasteiger partial charge < -0.3 is 4.74 Å². The Labute approximate surface area is 175 Å². The van der Waals surface area contributed by atoms with Crippen molar-refractivity contribution in [2.24, 2.45) is 4.40 Å². The van der Waals surface area contributed by atoms with Crippen LogP contribution in [0.2, 0.25) is 0 Å². The Morgan fingerprint density at radius 1 is 1.07 bits per heavy atom. The highest BCUT2D eigenvalue weighted by molar-refractivity contribution is 8.19. The van der Waals surface area contributed by atoms with Crippen LogP contribution < -0.4 is 4.74 Å². The minimum Gasteiger partial charge on any atom is -0.497 e. The van der Waals surface area contributed by atoms with E-state index in [0.717, 1.165) is 35.1 Å². The van der Waals surface area contributed by atoms with Crippen LogP contribution in [0.25, 0.3) is 6.08 Å². The van der Waals surface area contributed by atoms with E-state index in [2.05, 4.69) is 4.40 Å². The quantitative estimate of drug-likeness (QED) is 0.649. The number of thioether (sulfide) groups is 1. The fourth-order valence-corrected chi connectivity index (χ4v) is 5.00. The van der Waals surface area contributed by atoms with E-state index in [1.807, 2.05) is 19.1 Å². The van der Waals surface area contributed by atoms with Gasteiger partial charge in [-0.05, 0) is 66.6 Å². The fourth-order valence-electron chi connectivity index (χ4n) is 2.76. The summed E-state index contributed by atoms with van der Waals surface area (Å²) in [7, 11) is -2.33. The number of hydrogen-bond acceptors (Lipinski definition) is 5. The molecule has 2 aromatic carbocycles. The Bertz CT molecular complexity index is 1060. The largest absolute Gasteiger partial charge is 0.497 e. The van der Waals surface area contributed by atoms with E-state index in [-0.39, 0.29) is 16.0 Å². The molecule has 0 aliphatic carbocycles. The first-order valence-corrected chi connectivity index (χ1v) is 11.4. The number of nitrogens with zero attached hydrogens (tertiary/aromatic N) is 2. The summed E-state index contributed by atoms with van der Waals surface area (Å²) >= 11 is 1.06. The number of methoxy groups -OCH3 is 1. The second kappa shape index (κ2) is 8.84. The van der Waals surface area contributed by atoms with Crippen LogP contribution in [0.3, 0.4) is 0 Å². The average Bonchev–Trinajstić information content (AvgIpc) is 3.02. The maximum atomic E-state index is 12.7. The predicted molar refractivity (Wildman–Crippen MR) is 116 cm³/mol. The van der Waals surface area contributed by atoms with Gasteiger partial charge in [0.2, 0.25) is 0 Å². The van der Waals surface area contributed by atoms with Crippen molar-refractivity contribution < 1.29 is 17.9 Å². The van der Waals surface area contributed by atoms with Crippen molar-refractivity contribution in [2.75, 3.05) is 13.7 Å². The maximum absolute atomic E-state index is 12.7. The van der Waals surface area contributed by atoms with Gasteiger partial charge in [0, 0.05) is 6.54 Å². The molecular weight excluding hydrogens is 408 g/mol. The predicted octanol–water partition coefficient (Wildman–Crippen LogP) is 3.94. The third-order valence-electron chi connectivity index (χ3n) is 4.45. The van der Waals surface area contributed by atoms with Crippen molar-refractivity contribution in [3.05, 3.63) is 64.6 Å². The van der Waals surface area contributed by atoms with Gasteiger partial charge in [-0.1, -0.05) is 31.2 Å². The third-order valence-corrected chi connectivity index (χ3v) is 6.85. The lowest BCUT2D eigenvalue weighted by atomic mass is 10.2. The van der Waals surface area contributed by atoms with Crippen LogP contribution in [0.4, 0.5) is 0 Å². The van der Waals surface area contributed by atoms with Crippen LogP contribution in [0.15, 0.2) is 62.7 Å². The van der Waals surface area contributed by atoms with E-state index in [1.54, 1.807) is 56.5 Å². The number of carbonyl (C=O) groups excluding carboxylic acids is 1. The number of ether oxygens (including phenoxy) is 1. The lowest BCUT2D eigenvalue weighted by Crippen LogP contribution is -2.29. The summed E-state index contributed by atoms with van der Waals surface area (Å²) in [6.45, 7) is 4.11. The molecule has 1 heterocycles. The molecule has 0 aromatic heterocycles. The van der Waals surface area contributed by atoms with Crippen LogP contribution in [0.1, 0.15) is 25.0 Å². The highest BCUT2D eigenvalue weighted by atomic mass is 32.2. The molecule has 8 heteroatoms. The molecule has 1 aliphatic heterocycles. The van der Waals surface area contributed by atoms with Gasteiger partial charge in [0.25, 0.3) is 15.9 Å². The van der Waals surface area contributed by atoms with Crippen LogP contribution >= 0.6 is 11.8 Å². The molecule has 0 spiro atoms. The highest BCUT2D eigenvalue weighted by Gasteiger charge is 2.34. The lowest BCUT2D eigenvalue weighted by Gasteiger charge is -2.12. The van der Waals surface area contributed by atoms with E-state index in [4.69, 9.17) is 4.74 Å². The molecule has 1 amide bonds. The molecule has 1 fully saturated rings. The topological polar surface area (TPSA) is 76.0 Å². The molecule has 2 aromatic rings. The molecule has 0 N–H and O–H groups in total. The monoisotopic (exact) mass is 430 g/mol. The molecule has 3 rings (SSSR count). The molecule has 152 valence electrons. The summed E-state index contributed by atoms with van der Waals surface area (Å²) in [6, 6.07) is 13.9. The van der Waals surface area contributed by atoms with Gasteiger partial charge in [0.1, 0.15) is 5.75 Å². The number of aryl methyl sites for hydroxylation is 1. The first-order valence-electron chi connectivity index (χ1n) is 9.17. The Morgan fingerprint density at radius 3 is 2.28 bits per heavy atom. The Kier molecular flexibility index (Phi) is 6.44. The summed E-state index contributed by atoms with van der Waals surface area (Å²) in [5.41, 5.74) is 1.86. The summed E-state index contributed by atoms with van der Waals surface area (Å²) in [5, 5.41) is 0.164. The Morgan fingerprint density at radius 2 is 1.72 bits per heavy atom. The Hall–Kier alpha value is -2.58. The smallest absolute Gasteiger partial charge is 0.284 e. The van der Waals surface area contributed by atoms with Gasteiger partial charge >= 0.3 is 0 Å². The van der Waals surface area contributed by atoms with Gasteiger partial charge in [0.05, 0.1) is 16.9 Å². The fraction of sp³-hybridized carbons (Fsp3) is 0.238. The van der Waals surface area contributed by atoms with Gasteiger partial charge in [0.15, 0.2) is 5.17 Å². The van der Waals surface area contributed by atoms with E-state index in [0.29, 0.717) is 11.4 Å². The normalized spacial score (nSPS) is 17.3. The number of rotatable bonds is 6. The summed E-state index contributed by atoms with van der Waals surface area (Å²) in [5.74, 6) is 0.457. The highest BCUT2D eigenvalue weighted by Crippen LogP contribution is 2.33. The van der Waals surface area contributed by atoms with Crippen molar-refractivity contribution in [1.29, 1.82) is 0 Å². The molecule has 29 heavy (non-hydrogen) atoms. The second-order valence-electron chi connectivity index (χ2n) is 6.28. The van der Waals surface area contributed by atoms with Crippen LogP contribution in [0, 0.1) is 0 Å². The molecule has 1 saturated heterocycles. The number of amides is 1. The Balaban J connectivity index is 1.91. The first kappa shape index (κ1) is 21.1. The van der Waals surface area contributed by atoms with Crippen LogP contribution in [-0.2, 0) is 21.2 Å². The average molecular weight is 431 g/mol. The number of amidine groups is 1. The van der Waals surface area contributed by atoms with Crippen molar-refractivity contribution >= 4 is 38.9 Å². The van der Waals surface area contributed by atoms with Crippen LogP contribution in [-0.4, -0.2) is 38.0 Å². The van der Waals surface area contributed by atoms with Crippen molar-refractivity contribution in [2.45, 2.75) is 25.2 Å². The molecule has 0 bridgehead atoms. The zero-order valence-corrected chi connectivity index (χ0v) is 18.1. The lowest BCUT2D eigenvalue weighted by molar-refractivity contribution is -0.122. The van der Waals surface area contributed by atoms with E-state index < -0.39 is 10.0 Å². The molecule has 0 unspecified atom stereocenters. The van der Waals surface area contributed by atoms with Gasteiger partial charge in [-0.15, -0.1) is 4.40 Å². The SMILES string of the molecule is CCc1ccc(S(=O)(=O)/N=C2\S/C(=C\c3ccc(OC)cc3)C(=O)N2CC)cc1. The number of likely N-dealkylation sites (N-methyl/N-ethyl adjacent to an activating group) is 1. The summed E-state index contributed by atoms with van der Waals surface area (Å²) < 4.78 is 34.5. The number of hydrogen-bond donors (Lipinski definition) is 0. The molecule has 0 radical (unpaired) electrons. The first-order chi connectivity index (χ1) is 13.9. The van der Waals surface area contributed by atoms with Crippen molar-refractivity contribution in [1.82, 2.24) is 4.90 Å². The number of carbonyl (C=O) groups is 1. The maximum Gasteiger partial charge on any atom is 0.284 e. The minimum atomic E-state index is -3.91. The number of sulfonamides is 1. The van der Waals surface area contributed by atoms with E-state index in [1.165, 1.54) is 4.90 Å². The zero-order valence-electron chi connectivity index (χ0n) is 16.5. The molecule has 0 atom stereocenters. The standard InChI is InChI=1S/C21H22N2O4S2/c1-4-15-8-12-18(13-9-15)29(25,26)22-21-23(5-2)20(24)19(28-21)14-16-6-10-17(27-3)11-7-16/h6-14H,4-5H2,1-3H3/b19-14-,22-21-. The molecule has 0 saturated carbocycles. The molecular formula is C21H22N2O4S2.